The first-order chi connectivity index (χ1) is 8.72. The molecule has 19 heavy (non-hydrogen) atoms. The van der Waals surface area contributed by atoms with Gasteiger partial charge in [0.25, 0.3) is 0 Å². The quantitative estimate of drug-likeness (QED) is 0.890. The predicted octanol–water partition coefficient (Wildman–Crippen LogP) is 3.65. The van der Waals surface area contributed by atoms with Crippen molar-refractivity contribution in [1.82, 2.24) is 0 Å². The number of carbonyl (C=O) groups is 2. The van der Waals surface area contributed by atoms with E-state index in [1.54, 1.807) is 6.07 Å². The maximum absolute atomic E-state index is 11.5. The van der Waals surface area contributed by atoms with Gasteiger partial charge in [-0.1, -0.05) is 23.2 Å². The van der Waals surface area contributed by atoms with Gasteiger partial charge in [-0.15, -0.1) is 0 Å². The number of anilines is 1. The molecule has 0 aromatic heterocycles. The Hall–Kier alpha value is -1.46. The smallest absolute Gasteiger partial charge is 0.411 e. The molecule has 0 aliphatic rings. The van der Waals surface area contributed by atoms with Crippen LogP contribution in [-0.2, 0) is 9.53 Å². The molecule has 0 fully saturated rings. The number of amides is 1. The maximum Gasteiger partial charge on any atom is 0.411 e. The van der Waals surface area contributed by atoms with Crippen LogP contribution < -0.4 is 5.32 Å². The number of benzene rings is 1. The molecule has 1 aromatic carbocycles. The van der Waals surface area contributed by atoms with Gasteiger partial charge < -0.3 is 9.84 Å². The second-order valence-electron chi connectivity index (χ2n) is 4.52. The summed E-state index contributed by atoms with van der Waals surface area (Å²) in [6, 6.07) is 4.55. The minimum Gasteiger partial charge on any atom is -0.481 e. The van der Waals surface area contributed by atoms with Crippen LogP contribution in [0.3, 0.4) is 0 Å². The Morgan fingerprint density at radius 1 is 1.32 bits per heavy atom. The van der Waals surface area contributed by atoms with E-state index in [2.05, 4.69) is 5.32 Å². The van der Waals surface area contributed by atoms with Crippen molar-refractivity contribution in [3.63, 3.8) is 0 Å². The van der Waals surface area contributed by atoms with E-state index < -0.39 is 17.5 Å². The average Bonchev–Trinajstić information content (AvgIpc) is 2.31. The first kappa shape index (κ1) is 15.6. The molecule has 0 unspecified atom stereocenters. The Morgan fingerprint density at radius 2 is 1.95 bits per heavy atom. The molecule has 7 heteroatoms. The van der Waals surface area contributed by atoms with Crippen LogP contribution in [0.4, 0.5) is 10.5 Å². The molecule has 2 N–H and O–H groups in total. The van der Waals surface area contributed by atoms with Crippen LogP contribution in [0, 0.1) is 5.41 Å². The Morgan fingerprint density at radius 3 is 2.47 bits per heavy atom. The Balaban J connectivity index is 2.56. The van der Waals surface area contributed by atoms with E-state index >= 15 is 0 Å². The lowest BCUT2D eigenvalue weighted by Crippen LogP contribution is -2.31. The van der Waals surface area contributed by atoms with E-state index in [1.807, 2.05) is 0 Å². The number of carboxylic acids is 1. The lowest BCUT2D eigenvalue weighted by molar-refractivity contribution is -0.148. The summed E-state index contributed by atoms with van der Waals surface area (Å²) >= 11 is 11.5. The summed E-state index contributed by atoms with van der Waals surface area (Å²) in [5.74, 6) is -1.05. The van der Waals surface area contributed by atoms with Gasteiger partial charge >= 0.3 is 12.1 Å². The number of ether oxygens (including phenoxy) is 1. The molecule has 1 amide bonds. The van der Waals surface area contributed by atoms with Gasteiger partial charge in [-0.25, -0.2) is 4.79 Å². The molecule has 0 bridgehead atoms. The van der Waals surface area contributed by atoms with Gasteiger partial charge in [-0.2, -0.15) is 0 Å². The first-order valence-corrected chi connectivity index (χ1v) is 6.10. The minimum absolute atomic E-state index is 0.241. The first-order valence-electron chi connectivity index (χ1n) is 5.34. The van der Waals surface area contributed by atoms with Crippen molar-refractivity contribution >= 4 is 41.0 Å². The zero-order chi connectivity index (χ0) is 14.6. The number of aliphatic carboxylic acids is 1. The highest BCUT2D eigenvalue weighted by molar-refractivity contribution is 6.42. The van der Waals surface area contributed by atoms with Crippen LogP contribution in [0.5, 0.6) is 0 Å². The average molecular weight is 306 g/mol. The van der Waals surface area contributed by atoms with Gasteiger partial charge in [0.2, 0.25) is 0 Å². The van der Waals surface area contributed by atoms with Crippen molar-refractivity contribution in [1.29, 1.82) is 0 Å². The number of carboxylic acid groups (broad SMARTS) is 1. The standard InChI is InChI=1S/C12H13Cl2NO4/c1-12(2,10(16)17)6-19-11(18)15-7-3-4-8(13)9(14)5-7/h3-5H,6H2,1-2H3,(H,15,18)(H,16,17). The fraction of sp³-hybridized carbons (Fsp3) is 0.333. The summed E-state index contributed by atoms with van der Waals surface area (Å²) in [5, 5.41) is 12.0. The van der Waals surface area contributed by atoms with Crippen molar-refractivity contribution in [2.45, 2.75) is 13.8 Å². The van der Waals surface area contributed by atoms with Crippen LogP contribution in [0.2, 0.25) is 10.0 Å². The lowest BCUT2D eigenvalue weighted by Gasteiger charge is -2.18. The summed E-state index contributed by atoms with van der Waals surface area (Å²) < 4.78 is 4.84. The zero-order valence-electron chi connectivity index (χ0n) is 10.4. The number of rotatable bonds is 4. The highest BCUT2D eigenvalue weighted by Crippen LogP contribution is 2.25. The van der Waals surface area contributed by atoms with Crippen molar-refractivity contribution in [3.8, 4) is 0 Å². The van der Waals surface area contributed by atoms with Gasteiger partial charge in [0.1, 0.15) is 6.61 Å². The highest BCUT2D eigenvalue weighted by atomic mass is 35.5. The zero-order valence-corrected chi connectivity index (χ0v) is 11.9. The van der Waals surface area contributed by atoms with Gasteiger partial charge in [0, 0.05) is 5.69 Å². The molecule has 0 aliphatic carbocycles. The molecular formula is C12H13Cl2NO4. The number of carbonyl (C=O) groups excluding carboxylic acids is 1. The summed E-state index contributed by atoms with van der Waals surface area (Å²) in [4.78, 5) is 22.3. The minimum atomic E-state index is -1.14. The molecule has 5 nitrogen and oxygen atoms in total. The molecule has 0 atom stereocenters. The molecule has 0 saturated heterocycles. The van der Waals surface area contributed by atoms with E-state index in [0.717, 1.165) is 0 Å². The van der Waals surface area contributed by atoms with Crippen LogP contribution in [0.1, 0.15) is 13.8 Å². The Labute approximate surface area is 120 Å². The van der Waals surface area contributed by atoms with Crippen LogP contribution in [0.15, 0.2) is 18.2 Å². The third-order valence-electron chi connectivity index (χ3n) is 2.31. The number of halogens is 2. The fourth-order valence-corrected chi connectivity index (χ4v) is 1.33. The molecule has 1 aromatic rings. The summed E-state index contributed by atoms with van der Waals surface area (Å²) in [7, 11) is 0. The van der Waals surface area contributed by atoms with E-state index in [9.17, 15) is 9.59 Å². The highest BCUT2D eigenvalue weighted by Gasteiger charge is 2.29. The summed E-state index contributed by atoms with van der Waals surface area (Å²) in [6.07, 6.45) is -0.757. The van der Waals surface area contributed by atoms with Gasteiger partial charge in [-0.05, 0) is 32.0 Å². The molecule has 0 heterocycles. The largest absolute Gasteiger partial charge is 0.481 e. The van der Waals surface area contributed by atoms with E-state index in [0.29, 0.717) is 15.7 Å². The molecule has 0 aliphatic heterocycles. The van der Waals surface area contributed by atoms with E-state index in [-0.39, 0.29) is 6.61 Å². The van der Waals surface area contributed by atoms with Gasteiger partial charge in [0.15, 0.2) is 0 Å². The fourth-order valence-electron chi connectivity index (χ4n) is 1.04. The van der Waals surface area contributed by atoms with Crippen molar-refractivity contribution in [3.05, 3.63) is 28.2 Å². The number of hydrogen-bond acceptors (Lipinski definition) is 3. The second kappa shape index (κ2) is 6.12. The monoisotopic (exact) mass is 305 g/mol. The summed E-state index contributed by atoms with van der Waals surface area (Å²) in [6.45, 7) is 2.68. The number of nitrogens with one attached hydrogen (secondary N) is 1. The molecule has 104 valence electrons. The normalized spacial score (nSPS) is 10.9. The Bertz CT molecular complexity index is 503. The number of hydrogen-bond donors (Lipinski definition) is 2. The third kappa shape index (κ3) is 4.61. The molecule has 0 spiro atoms. The van der Waals surface area contributed by atoms with Gasteiger partial charge in [-0.3, -0.25) is 10.1 Å². The third-order valence-corrected chi connectivity index (χ3v) is 3.05. The van der Waals surface area contributed by atoms with Crippen LogP contribution in [-0.4, -0.2) is 23.8 Å². The second-order valence-corrected chi connectivity index (χ2v) is 5.33. The maximum atomic E-state index is 11.5. The van der Waals surface area contributed by atoms with E-state index in [4.69, 9.17) is 33.0 Å². The van der Waals surface area contributed by atoms with Crippen LogP contribution in [0.25, 0.3) is 0 Å². The molecule has 0 radical (unpaired) electrons. The van der Waals surface area contributed by atoms with Crippen molar-refractivity contribution in [2.75, 3.05) is 11.9 Å². The van der Waals surface area contributed by atoms with Crippen molar-refractivity contribution in [2.24, 2.45) is 5.41 Å². The van der Waals surface area contributed by atoms with E-state index in [1.165, 1.54) is 26.0 Å². The molecule has 1 rings (SSSR count). The van der Waals surface area contributed by atoms with Gasteiger partial charge in [0.05, 0.1) is 15.5 Å². The van der Waals surface area contributed by atoms with Crippen molar-refractivity contribution < 1.29 is 19.4 Å². The predicted molar refractivity (Wildman–Crippen MR) is 72.8 cm³/mol. The van der Waals surface area contributed by atoms with Crippen LogP contribution >= 0.6 is 23.2 Å². The Kier molecular flexibility index (Phi) is 5.03. The summed E-state index contributed by atoms with van der Waals surface area (Å²) in [5.41, 5.74) is -0.734. The molecule has 0 saturated carbocycles. The molecular weight excluding hydrogens is 293 g/mol. The SMILES string of the molecule is CC(C)(COC(=O)Nc1ccc(Cl)c(Cl)c1)C(=O)O. The topological polar surface area (TPSA) is 75.6 Å². The lowest BCUT2D eigenvalue weighted by atomic mass is 9.95.